The van der Waals surface area contributed by atoms with Crippen molar-refractivity contribution in [3.8, 4) is 5.75 Å². The molecular formula is C13H14FN3O3S. The smallest absolute Gasteiger partial charge is 0.265 e. The Labute approximate surface area is 121 Å². The van der Waals surface area contributed by atoms with Gasteiger partial charge in [0, 0.05) is 11.9 Å². The number of nitrogens with one attached hydrogen (secondary N) is 1. The van der Waals surface area contributed by atoms with E-state index in [1.54, 1.807) is 6.92 Å². The number of sulfonamides is 1. The van der Waals surface area contributed by atoms with Crippen LogP contribution >= 0.6 is 0 Å². The van der Waals surface area contributed by atoms with Gasteiger partial charge in [-0.15, -0.1) is 0 Å². The molecular weight excluding hydrogens is 297 g/mol. The molecule has 21 heavy (non-hydrogen) atoms. The summed E-state index contributed by atoms with van der Waals surface area (Å²) in [5.41, 5.74) is 5.67. The summed E-state index contributed by atoms with van der Waals surface area (Å²) in [5.74, 6) is -0.628. The third-order valence-electron chi connectivity index (χ3n) is 2.57. The molecule has 2 aromatic rings. The molecule has 0 bridgehead atoms. The van der Waals surface area contributed by atoms with E-state index in [-0.39, 0.29) is 28.6 Å². The lowest BCUT2D eigenvalue weighted by molar-refractivity contribution is 0.331. The number of nitrogens with zero attached hydrogens (tertiary/aromatic N) is 1. The minimum absolute atomic E-state index is 0.147. The molecule has 0 saturated carbocycles. The summed E-state index contributed by atoms with van der Waals surface area (Å²) < 4.78 is 45.7. The second-order valence-corrected chi connectivity index (χ2v) is 5.75. The van der Waals surface area contributed by atoms with Gasteiger partial charge in [-0.25, -0.2) is 12.8 Å². The van der Waals surface area contributed by atoms with E-state index in [9.17, 15) is 12.8 Å². The van der Waals surface area contributed by atoms with Gasteiger partial charge in [-0.2, -0.15) is 0 Å². The summed E-state index contributed by atoms with van der Waals surface area (Å²) in [6, 6.07) is 5.46. The Balaban J connectivity index is 2.44. The van der Waals surface area contributed by atoms with Crippen LogP contribution in [0.3, 0.4) is 0 Å². The van der Waals surface area contributed by atoms with Crippen molar-refractivity contribution in [2.45, 2.75) is 11.8 Å². The number of anilines is 2. The van der Waals surface area contributed by atoms with Crippen LogP contribution in [0, 0.1) is 5.82 Å². The Morgan fingerprint density at radius 2 is 2.14 bits per heavy atom. The number of nitrogen functional groups attached to an aromatic ring is 1. The van der Waals surface area contributed by atoms with Gasteiger partial charge in [0.05, 0.1) is 18.5 Å². The van der Waals surface area contributed by atoms with Crippen molar-refractivity contribution in [1.29, 1.82) is 0 Å². The van der Waals surface area contributed by atoms with Gasteiger partial charge in [-0.05, 0) is 31.2 Å². The molecule has 0 fully saturated rings. The van der Waals surface area contributed by atoms with Crippen LogP contribution in [-0.4, -0.2) is 20.0 Å². The van der Waals surface area contributed by atoms with Gasteiger partial charge in [0.25, 0.3) is 10.0 Å². The van der Waals surface area contributed by atoms with E-state index >= 15 is 0 Å². The Hall–Kier alpha value is -2.35. The van der Waals surface area contributed by atoms with Gasteiger partial charge < -0.3 is 10.5 Å². The van der Waals surface area contributed by atoms with Gasteiger partial charge >= 0.3 is 0 Å². The molecule has 0 aliphatic rings. The number of ether oxygens (including phenoxy) is 1. The fraction of sp³-hybridized carbons (Fsp3) is 0.154. The molecule has 0 unspecified atom stereocenters. The zero-order valence-corrected chi connectivity index (χ0v) is 12.0. The highest BCUT2D eigenvalue weighted by atomic mass is 32.2. The number of hydrogen-bond donors (Lipinski definition) is 2. The van der Waals surface area contributed by atoms with E-state index in [1.165, 1.54) is 30.5 Å². The van der Waals surface area contributed by atoms with E-state index in [2.05, 4.69) is 9.71 Å². The van der Waals surface area contributed by atoms with Crippen LogP contribution in [0.5, 0.6) is 5.75 Å². The van der Waals surface area contributed by atoms with Crippen LogP contribution in [0.4, 0.5) is 15.8 Å². The van der Waals surface area contributed by atoms with E-state index in [1.807, 2.05) is 0 Å². The summed E-state index contributed by atoms with van der Waals surface area (Å²) in [7, 11) is -4.03. The fourth-order valence-electron chi connectivity index (χ4n) is 1.67. The quantitative estimate of drug-likeness (QED) is 0.824. The largest absolute Gasteiger partial charge is 0.492 e. The molecule has 3 N–H and O–H groups in total. The topological polar surface area (TPSA) is 94.3 Å². The second-order valence-electron chi connectivity index (χ2n) is 4.10. The Morgan fingerprint density at radius 3 is 2.81 bits per heavy atom. The minimum atomic E-state index is -4.03. The van der Waals surface area contributed by atoms with Gasteiger partial charge in [0.1, 0.15) is 10.6 Å². The number of halogens is 1. The molecule has 1 aromatic heterocycles. The molecule has 0 aliphatic carbocycles. The monoisotopic (exact) mass is 311 g/mol. The van der Waals surface area contributed by atoms with Gasteiger partial charge in [-0.3, -0.25) is 9.71 Å². The van der Waals surface area contributed by atoms with Crippen LogP contribution in [0.1, 0.15) is 6.92 Å². The number of pyridine rings is 1. The molecule has 6 nitrogen and oxygen atoms in total. The standard InChI is InChI=1S/C13H14FN3O3S/c1-2-20-12-4-3-9(15)7-13(12)21(18,19)17-11-5-6-16-8-10(11)14/h3-8H,2,15H2,1H3,(H,16,17). The molecule has 2 rings (SSSR count). The average molecular weight is 311 g/mol. The van der Waals surface area contributed by atoms with Crippen LogP contribution in [0.2, 0.25) is 0 Å². The zero-order valence-electron chi connectivity index (χ0n) is 11.2. The number of nitrogens with two attached hydrogens (primary N) is 1. The lowest BCUT2D eigenvalue weighted by atomic mass is 10.3. The summed E-state index contributed by atoms with van der Waals surface area (Å²) in [4.78, 5) is 3.40. The lowest BCUT2D eigenvalue weighted by Crippen LogP contribution is -2.16. The SMILES string of the molecule is CCOc1ccc(N)cc1S(=O)(=O)Nc1ccncc1F. The normalized spacial score (nSPS) is 11.1. The summed E-state index contributed by atoms with van der Waals surface area (Å²) in [5, 5.41) is 0. The molecule has 1 aromatic carbocycles. The average Bonchev–Trinajstić information content (AvgIpc) is 2.43. The first-order valence-corrected chi connectivity index (χ1v) is 7.57. The second kappa shape index (κ2) is 5.96. The van der Waals surface area contributed by atoms with Crippen molar-refractivity contribution in [1.82, 2.24) is 4.98 Å². The highest BCUT2D eigenvalue weighted by Gasteiger charge is 2.21. The van der Waals surface area contributed by atoms with Gasteiger partial charge in [-0.1, -0.05) is 0 Å². The van der Waals surface area contributed by atoms with Crippen molar-refractivity contribution in [2.24, 2.45) is 0 Å². The Bertz CT molecular complexity index is 750. The third kappa shape index (κ3) is 3.40. The third-order valence-corrected chi connectivity index (χ3v) is 3.96. The van der Waals surface area contributed by atoms with Gasteiger partial charge in [0.15, 0.2) is 5.82 Å². The van der Waals surface area contributed by atoms with Gasteiger partial charge in [0.2, 0.25) is 0 Å². The molecule has 1 heterocycles. The van der Waals surface area contributed by atoms with E-state index in [4.69, 9.17) is 10.5 Å². The number of rotatable bonds is 5. The molecule has 0 atom stereocenters. The predicted octanol–water partition coefficient (Wildman–Crippen LogP) is 2.00. The first kappa shape index (κ1) is 15.0. The van der Waals surface area contributed by atoms with Crippen LogP contribution in [0.25, 0.3) is 0 Å². The molecule has 0 amide bonds. The molecule has 0 spiro atoms. The molecule has 0 radical (unpaired) electrons. The van der Waals surface area contributed by atoms with Crippen molar-refractivity contribution < 1.29 is 17.5 Å². The summed E-state index contributed by atoms with van der Waals surface area (Å²) in [6.45, 7) is 2.01. The minimum Gasteiger partial charge on any atom is -0.492 e. The first-order valence-electron chi connectivity index (χ1n) is 6.08. The van der Waals surface area contributed by atoms with Crippen molar-refractivity contribution in [3.05, 3.63) is 42.5 Å². The molecule has 8 heteroatoms. The zero-order chi connectivity index (χ0) is 15.5. The maximum absolute atomic E-state index is 13.5. The van der Waals surface area contributed by atoms with Crippen LogP contribution in [-0.2, 0) is 10.0 Å². The van der Waals surface area contributed by atoms with Crippen LogP contribution < -0.4 is 15.2 Å². The Kier molecular flexibility index (Phi) is 4.27. The maximum atomic E-state index is 13.5. The maximum Gasteiger partial charge on any atom is 0.265 e. The van der Waals surface area contributed by atoms with E-state index in [0.29, 0.717) is 0 Å². The number of aromatic nitrogens is 1. The highest BCUT2D eigenvalue weighted by molar-refractivity contribution is 7.92. The summed E-state index contributed by atoms with van der Waals surface area (Å²) in [6.07, 6.45) is 2.20. The van der Waals surface area contributed by atoms with E-state index in [0.717, 1.165) is 6.20 Å². The molecule has 0 saturated heterocycles. The highest BCUT2D eigenvalue weighted by Crippen LogP contribution is 2.28. The molecule has 112 valence electrons. The number of benzene rings is 1. The summed E-state index contributed by atoms with van der Waals surface area (Å²) >= 11 is 0. The lowest BCUT2D eigenvalue weighted by Gasteiger charge is -2.13. The first-order chi connectivity index (χ1) is 9.94. The molecule has 0 aliphatic heterocycles. The fourth-order valence-corrected chi connectivity index (χ4v) is 2.92. The van der Waals surface area contributed by atoms with Crippen LogP contribution in [0.15, 0.2) is 41.6 Å². The van der Waals surface area contributed by atoms with Crippen molar-refractivity contribution in [3.63, 3.8) is 0 Å². The van der Waals surface area contributed by atoms with Crippen molar-refractivity contribution in [2.75, 3.05) is 17.1 Å². The number of hydrogen-bond acceptors (Lipinski definition) is 5. The predicted molar refractivity (Wildman–Crippen MR) is 77.0 cm³/mol. The van der Waals surface area contributed by atoms with E-state index < -0.39 is 15.8 Å². The Morgan fingerprint density at radius 1 is 1.38 bits per heavy atom. The van der Waals surface area contributed by atoms with Crippen molar-refractivity contribution >= 4 is 21.4 Å².